The third kappa shape index (κ3) is 3.45. The highest BCUT2D eigenvalue weighted by molar-refractivity contribution is 7.89. The summed E-state index contributed by atoms with van der Waals surface area (Å²) in [5.41, 5.74) is 0. The minimum absolute atomic E-state index is 0.171. The standard InChI is InChI=1S/C12H19FN4O4S/c1-16(2)22(19,20)7-8-5-17(6-10(8)18)12-14-4-9(13)11(15-12)21-3/h4,8,10,18H,5-7H2,1-3H3/t8-,10+/m0/s1. The number of aromatic nitrogens is 2. The van der Waals surface area contributed by atoms with Gasteiger partial charge in [0.25, 0.3) is 5.88 Å². The summed E-state index contributed by atoms with van der Waals surface area (Å²) in [5, 5.41) is 10.1. The molecule has 2 atom stereocenters. The quantitative estimate of drug-likeness (QED) is 0.761. The maximum Gasteiger partial charge on any atom is 0.255 e. The Bertz CT molecular complexity index is 640. The molecule has 10 heteroatoms. The summed E-state index contributed by atoms with van der Waals surface area (Å²) in [6.07, 6.45) is 0.159. The molecule has 1 fully saturated rings. The second kappa shape index (κ2) is 6.31. The van der Waals surface area contributed by atoms with Crippen LogP contribution in [0.2, 0.25) is 0 Å². The van der Waals surface area contributed by atoms with Gasteiger partial charge in [-0.2, -0.15) is 9.37 Å². The van der Waals surface area contributed by atoms with Crippen molar-refractivity contribution in [3.8, 4) is 5.88 Å². The molecule has 124 valence electrons. The number of anilines is 1. The van der Waals surface area contributed by atoms with Gasteiger partial charge in [-0.3, -0.25) is 0 Å². The second-order valence-corrected chi connectivity index (χ2v) is 7.55. The third-order valence-corrected chi connectivity index (χ3v) is 5.53. The number of methoxy groups -OCH3 is 1. The Balaban J connectivity index is 2.14. The molecule has 1 aromatic rings. The fourth-order valence-corrected chi connectivity index (χ4v) is 3.41. The molecule has 0 spiro atoms. The first-order chi connectivity index (χ1) is 10.2. The van der Waals surface area contributed by atoms with Crippen LogP contribution in [-0.2, 0) is 10.0 Å². The van der Waals surface area contributed by atoms with Crippen molar-refractivity contribution in [2.45, 2.75) is 6.10 Å². The lowest BCUT2D eigenvalue weighted by atomic mass is 10.1. The Morgan fingerprint density at radius 1 is 1.50 bits per heavy atom. The summed E-state index contributed by atoms with van der Waals surface area (Å²) in [4.78, 5) is 9.39. The highest BCUT2D eigenvalue weighted by Gasteiger charge is 2.36. The molecule has 0 saturated carbocycles. The van der Waals surface area contributed by atoms with E-state index < -0.39 is 27.9 Å². The van der Waals surface area contributed by atoms with Crippen molar-refractivity contribution in [3.05, 3.63) is 12.0 Å². The van der Waals surface area contributed by atoms with Crippen molar-refractivity contribution in [1.82, 2.24) is 14.3 Å². The van der Waals surface area contributed by atoms with Gasteiger partial charge in [-0.25, -0.2) is 17.7 Å². The van der Waals surface area contributed by atoms with E-state index in [1.165, 1.54) is 21.2 Å². The molecule has 0 aromatic carbocycles. The molecule has 1 aromatic heterocycles. The molecular weight excluding hydrogens is 315 g/mol. The van der Waals surface area contributed by atoms with E-state index in [9.17, 15) is 17.9 Å². The number of rotatable bonds is 5. The summed E-state index contributed by atoms with van der Waals surface area (Å²) < 4.78 is 43.1. The normalized spacial score (nSPS) is 22.4. The Morgan fingerprint density at radius 2 is 2.18 bits per heavy atom. The SMILES string of the molecule is COc1nc(N2C[C@@H](CS(=O)(=O)N(C)C)[C@H](O)C2)ncc1F. The van der Waals surface area contributed by atoms with Gasteiger partial charge in [0.1, 0.15) is 0 Å². The van der Waals surface area contributed by atoms with E-state index in [2.05, 4.69) is 9.97 Å². The van der Waals surface area contributed by atoms with Crippen molar-refractivity contribution in [1.29, 1.82) is 0 Å². The lowest BCUT2D eigenvalue weighted by Gasteiger charge is -2.18. The maximum atomic E-state index is 13.3. The zero-order valence-electron chi connectivity index (χ0n) is 12.6. The van der Waals surface area contributed by atoms with E-state index in [0.29, 0.717) is 0 Å². The summed E-state index contributed by atoms with van der Waals surface area (Å²) in [6.45, 7) is 0.450. The lowest BCUT2D eigenvalue weighted by Crippen LogP contribution is -2.33. The van der Waals surface area contributed by atoms with Crippen molar-refractivity contribution in [2.24, 2.45) is 5.92 Å². The highest BCUT2D eigenvalue weighted by atomic mass is 32.2. The van der Waals surface area contributed by atoms with E-state index >= 15 is 0 Å². The number of β-amino-alcohol motifs (C(OH)–C–C–N with tert-alkyl or cyclic N) is 1. The monoisotopic (exact) mass is 334 g/mol. The van der Waals surface area contributed by atoms with Crippen LogP contribution >= 0.6 is 0 Å². The maximum absolute atomic E-state index is 13.3. The Morgan fingerprint density at radius 3 is 2.77 bits per heavy atom. The van der Waals surface area contributed by atoms with E-state index in [4.69, 9.17) is 4.74 Å². The average Bonchev–Trinajstić information content (AvgIpc) is 2.80. The molecule has 0 bridgehead atoms. The van der Waals surface area contributed by atoms with Crippen LogP contribution < -0.4 is 9.64 Å². The average molecular weight is 334 g/mol. The van der Waals surface area contributed by atoms with Crippen molar-refractivity contribution < 1.29 is 22.7 Å². The van der Waals surface area contributed by atoms with E-state index in [0.717, 1.165) is 10.5 Å². The minimum atomic E-state index is -3.42. The third-order valence-electron chi connectivity index (χ3n) is 3.56. The van der Waals surface area contributed by atoms with Crippen LogP contribution in [0, 0.1) is 11.7 Å². The molecule has 1 aliphatic heterocycles. The number of hydrogen-bond acceptors (Lipinski definition) is 7. The zero-order chi connectivity index (χ0) is 16.5. The largest absolute Gasteiger partial charge is 0.479 e. The number of aliphatic hydroxyl groups excluding tert-OH is 1. The predicted octanol–water partition coefficient (Wildman–Crippen LogP) is -0.687. The number of aliphatic hydroxyl groups is 1. The molecule has 1 N–H and O–H groups in total. The molecule has 8 nitrogen and oxygen atoms in total. The van der Waals surface area contributed by atoms with Gasteiger partial charge >= 0.3 is 0 Å². The molecule has 2 heterocycles. The molecule has 0 radical (unpaired) electrons. The topological polar surface area (TPSA) is 95.9 Å². The molecule has 1 saturated heterocycles. The zero-order valence-corrected chi connectivity index (χ0v) is 13.4. The molecule has 1 aliphatic rings. The van der Waals surface area contributed by atoms with Crippen LogP contribution in [0.4, 0.5) is 10.3 Å². The van der Waals surface area contributed by atoms with E-state index in [1.807, 2.05) is 0 Å². The van der Waals surface area contributed by atoms with Crippen LogP contribution in [0.5, 0.6) is 5.88 Å². The van der Waals surface area contributed by atoms with E-state index in [1.54, 1.807) is 4.90 Å². The van der Waals surface area contributed by atoms with Gasteiger partial charge in [0.2, 0.25) is 21.8 Å². The van der Waals surface area contributed by atoms with Gasteiger partial charge in [0.05, 0.1) is 25.2 Å². The Kier molecular flexibility index (Phi) is 4.83. The second-order valence-electron chi connectivity index (χ2n) is 5.32. The van der Waals surface area contributed by atoms with Crippen molar-refractivity contribution in [3.63, 3.8) is 0 Å². The number of ether oxygens (including phenoxy) is 1. The van der Waals surface area contributed by atoms with E-state index in [-0.39, 0.29) is 30.7 Å². The predicted molar refractivity (Wildman–Crippen MR) is 77.7 cm³/mol. The van der Waals surface area contributed by atoms with Gasteiger partial charge < -0.3 is 14.7 Å². The smallest absolute Gasteiger partial charge is 0.255 e. The van der Waals surface area contributed by atoms with Gasteiger partial charge in [-0.15, -0.1) is 0 Å². The fourth-order valence-electron chi connectivity index (χ4n) is 2.24. The number of nitrogens with zero attached hydrogens (tertiary/aromatic N) is 4. The van der Waals surface area contributed by atoms with Gasteiger partial charge in [-0.1, -0.05) is 0 Å². The van der Waals surface area contributed by atoms with Crippen LogP contribution in [0.1, 0.15) is 0 Å². The number of hydrogen-bond donors (Lipinski definition) is 1. The molecule has 0 unspecified atom stereocenters. The Labute approximate surface area is 128 Å². The van der Waals surface area contributed by atoms with Crippen molar-refractivity contribution >= 4 is 16.0 Å². The first-order valence-electron chi connectivity index (χ1n) is 6.64. The highest BCUT2D eigenvalue weighted by Crippen LogP contribution is 2.25. The van der Waals surface area contributed by atoms with Crippen LogP contribution in [0.25, 0.3) is 0 Å². The first-order valence-corrected chi connectivity index (χ1v) is 8.25. The summed E-state index contributed by atoms with van der Waals surface area (Å²) in [7, 11) is 0.767. The Hall–Kier alpha value is -1.52. The summed E-state index contributed by atoms with van der Waals surface area (Å²) in [5.74, 6) is -1.31. The minimum Gasteiger partial charge on any atom is -0.479 e. The summed E-state index contributed by atoms with van der Waals surface area (Å²) >= 11 is 0. The van der Waals surface area contributed by atoms with Crippen LogP contribution in [0.15, 0.2) is 6.20 Å². The van der Waals surface area contributed by atoms with Crippen LogP contribution in [-0.4, -0.2) is 73.9 Å². The van der Waals surface area contributed by atoms with Crippen molar-refractivity contribution in [2.75, 3.05) is 44.9 Å². The summed E-state index contributed by atoms with van der Waals surface area (Å²) in [6, 6.07) is 0. The number of sulfonamides is 1. The number of halogens is 1. The molecule has 2 rings (SSSR count). The lowest BCUT2D eigenvalue weighted by molar-refractivity contribution is 0.157. The van der Waals surface area contributed by atoms with Gasteiger partial charge in [0, 0.05) is 33.1 Å². The molecule has 0 amide bonds. The van der Waals surface area contributed by atoms with Gasteiger partial charge in [0.15, 0.2) is 0 Å². The molecule has 0 aliphatic carbocycles. The van der Waals surface area contributed by atoms with Gasteiger partial charge in [-0.05, 0) is 0 Å². The molecule has 22 heavy (non-hydrogen) atoms. The van der Waals surface area contributed by atoms with Crippen LogP contribution in [0.3, 0.4) is 0 Å². The molecular formula is C12H19FN4O4S. The fraction of sp³-hybridized carbons (Fsp3) is 0.667. The first kappa shape index (κ1) is 16.8.